The highest BCUT2D eigenvalue weighted by Gasteiger charge is 2.18. The van der Waals surface area contributed by atoms with Gasteiger partial charge in [-0.1, -0.05) is 6.08 Å². The van der Waals surface area contributed by atoms with Gasteiger partial charge in [0.15, 0.2) is 0 Å². The normalized spacial score (nSPS) is 16.5. The van der Waals surface area contributed by atoms with Crippen molar-refractivity contribution in [1.82, 2.24) is 19.6 Å². The Labute approximate surface area is 133 Å². The van der Waals surface area contributed by atoms with Gasteiger partial charge in [-0.3, -0.25) is 14.4 Å². The fourth-order valence-corrected chi connectivity index (χ4v) is 2.95. The number of hydrogen-bond acceptors (Lipinski definition) is 3. The average Bonchev–Trinajstić information content (AvgIpc) is 2.72. The van der Waals surface area contributed by atoms with E-state index in [0.717, 1.165) is 57.8 Å². The van der Waals surface area contributed by atoms with Crippen LogP contribution in [0.3, 0.4) is 0 Å². The summed E-state index contributed by atoms with van der Waals surface area (Å²) in [5.41, 5.74) is 2.24. The number of rotatable bonds is 6. The van der Waals surface area contributed by atoms with E-state index in [9.17, 15) is 4.79 Å². The molecular weight excluding hydrogens is 276 g/mol. The summed E-state index contributed by atoms with van der Waals surface area (Å²) in [5.74, 6) is 0.268. The molecule has 0 aromatic carbocycles. The molecule has 1 fully saturated rings. The van der Waals surface area contributed by atoms with Gasteiger partial charge in [-0.15, -0.1) is 6.58 Å². The minimum Gasteiger partial charge on any atom is -0.341 e. The molecule has 0 atom stereocenters. The second kappa shape index (κ2) is 8.13. The third-order valence-corrected chi connectivity index (χ3v) is 4.31. The summed E-state index contributed by atoms with van der Waals surface area (Å²) < 4.78 is 1.94. The van der Waals surface area contributed by atoms with Crippen LogP contribution in [0.4, 0.5) is 0 Å². The van der Waals surface area contributed by atoms with E-state index < -0.39 is 0 Å². The number of amides is 1. The van der Waals surface area contributed by atoms with Gasteiger partial charge in [0, 0.05) is 51.9 Å². The summed E-state index contributed by atoms with van der Waals surface area (Å²) in [6.45, 7) is 13.4. The van der Waals surface area contributed by atoms with Crippen LogP contribution in [-0.2, 0) is 17.8 Å². The summed E-state index contributed by atoms with van der Waals surface area (Å²) in [4.78, 5) is 16.8. The lowest BCUT2D eigenvalue weighted by Crippen LogP contribution is -2.35. The summed E-state index contributed by atoms with van der Waals surface area (Å²) >= 11 is 0. The Balaban J connectivity index is 1.83. The third kappa shape index (κ3) is 4.44. The molecule has 1 saturated heterocycles. The SMILES string of the molecule is C=CCN1CCCN(C(=O)CCc2cn(CC)nc2C)CC1. The van der Waals surface area contributed by atoms with Crippen molar-refractivity contribution >= 4 is 5.91 Å². The van der Waals surface area contributed by atoms with Crippen molar-refractivity contribution in [2.75, 3.05) is 32.7 Å². The first kappa shape index (κ1) is 16.7. The van der Waals surface area contributed by atoms with E-state index in [-0.39, 0.29) is 5.91 Å². The molecule has 0 unspecified atom stereocenters. The van der Waals surface area contributed by atoms with Crippen molar-refractivity contribution in [2.45, 2.75) is 39.7 Å². The Bertz CT molecular complexity index is 509. The highest BCUT2D eigenvalue weighted by molar-refractivity contribution is 5.76. The van der Waals surface area contributed by atoms with Gasteiger partial charge in [0.2, 0.25) is 5.91 Å². The van der Waals surface area contributed by atoms with Crippen molar-refractivity contribution in [2.24, 2.45) is 0 Å². The van der Waals surface area contributed by atoms with Gasteiger partial charge in [-0.05, 0) is 32.3 Å². The summed E-state index contributed by atoms with van der Waals surface area (Å²) in [5, 5.41) is 4.44. The van der Waals surface area contributed by atoms with Crippen LogP contribution in [0.15, 0.2) is 18.9 Å². The first-order valence-electron chi connectivity index (χ1n) is 8.28. The molecular formula is C17H28N4O. The minimum atomic E-state index is 0.268. The van der Waals surface area contributed by atoms with E-state index in [1.807, 2.05) is 22.6 Å². The maximum Gasteiger partial charge on any atom is 0.222 e. The number of hydrogen-bond donors (Lipinski definition) is 0. The molecule has 0 bridgehead atoms. The molecule has 122 valence electrons. The maximum absolute atomic E-state index is 12.4. The third-order valence-electron chi connectivity index (χ3n) is 4.31. The fourth-order valence-electron chi connectivity index (χ4n) is 2.95. The smallest absolute Gasteiger partial charge is 0.222 e. The van der Waals surface area contributed by atoms with Crippen LogP contribution in [0.1, 0.15) is 31.0 Å². The van der Waals surface area contributed by atoms with Gasteiger partial charge in [-0.2, -0.15) is 5.10 Å². The zero-order chi connectivity index (χ0) is 15.9. The lowest BCUT2D eigenvalue weighted by Gasteiger charge is -2.21. The predicted octanol–water partition coefficient (Wildman–Crippen LogP) is 1.86. The molecule has 5 nitrogen and oxygen atoms in total. The molecule has 2 rings (SSSR count). The molecule has 1 aliphatic heterocycles. The highest BCUT2D eigenvalue weighted by Crippen LogP contribution is 2.11. The Morgan fingerprint density at radius 2 is 2.18 bits per heavy atom. The van der Waals surface area contributed by atoms with Crippen LogP contribution >= 0.6 is 0 Å². The van der Waals surface area contributed by atoms with Crippen LogP contribution in [0.5, 0.6) is 0 Å². The zero-order valence-electron chi connectivity index (χ0n) is 13.9. The molecule has 0 radical (unpaired) electrons. The molecule has 0 aliphatic carbocycles. The van der Waals surface area contributed by atoms with E-state index >= 15 is 0 Å². The zero-order valence-corrected chi connectivity index (χ0v) is 13.9. The van der Waals surface area contributed by atoms with Crippen LogP contribution in [0.2, 0.25) is 0 Å². The van der Waals surface area contributed by atoms with Crippen LogP contribution < -0.4 is 0 Å². The molecule has 5 heteroatoms. The van der Waals surface area contributed by atoms with E-state index in [2.05, 4.69) is 29.7 Å². The molecule has 1 aromatic rings. The molecule has 1 aromatic heterocycles. The standard InChI is InChI=1S/C17H28N4O/c1-4-9-19-10-6-11-20(13-12-19)17(22)8-7-16-14-21(5-2)18-15(16)3/h4,14H,1,5-13H2,2-3H3. The first-order chi connectivity index (χ1) is 10.6. The van der Waals surface area contributed by atoms with Gasteiger partial charge in [0.05, 0.1) is 5.69 Å². The monoisotopic (exact) mass is 304 g/mol. The molecule has 0 N–H and O–H groups in total. The van der Waals surface area contributed by atoms with E-state index in [1.165, 1.54) is 5.56 Å². The van der Waals surface area contributed by atoms with Crippen molar-refractivity contribution in [3.8, 4) is 0 Å². The summed E-state index contributed by atoms with van der Waals surface area (Å²) in [7, 11) is 0. The van der Waals surface area contributed by atoms with Crippen LogP contribution in [-0.4, -0.2) is 58.2 Å². The van der Waals surface area contributed by atoms with Gasteiger partial charge in [0.25, 0.3) is 0 Å². The lowest BCUT2D eigenvalue weighted by atomic mass is 10.1. The van der Waals surface area contributed by atoms with Crippen molar-refractivity contribution in [3.63, 3.8) is 0 Å². The van der Waals surface area contributed by atoms with Crippen molar-refractivity contribution in [1.29, 1.82) is 0 Å². The molecule has 0 saturated carbocycles. The predicted molar refractivity (Wildman–Crippen MR) is 88.8 cm³/mol. The highest BCUT2D eigenvalue weighted by atomic mass is 16.2. The van der Waals surface area contributed by atoms with E-state index in [4.69, 9.17) is 0 Å². The quantitative estimate of drug-likeness (QED) is 0.753. The van der Waals surface area contributed by atoms with Gasteiger partial charge >= 0.3 is 0 Å². The first-order valence-corrected chi connectivity index (χ1v) is 8.28. The van der Waals surface area contributed by atoms with Crippen LogP contribution in [0.25, 0.3) is 0 Å². The number of carbonyl (C=O) groups is 1. The molecule has 2 heterocycles. The number of carbonyl (C=O) groups excluding carboxylic acids is 1. The number of aryl methyl sites for hydroxylation is 3. The van der Waals surface area contributed by atoms with E-state index in [0.29, 0.717) is 6.42 Å². The van der Waals surface area contributed by atoms with Crippen molar-refractivity contribution < 1.29 is 4.79 Å². The Morgan fingerprint density at radius 1 is 1.36 bits per heavy atom. The number of nitrogens with zero attached hydrogens (tertiary/aromatic N) is 4. The molecule has 22 heavy (non-hydrogen) atoms. The number of aromatic nitrogens is 2. The summed E-state index contributed by atoms with van der Waals surface area (Å²) in [6.07, 6.45) is 6.42. The molecule has 1 amide bonds. The minimum absolute atomic E-state index is 0.268. The van der Waals surface area contributed by atoms with Gasteiger partial charge in [0.1, 0.15) is 0 Å². The Hall–Kier alpha value is -1.62. The average molecular weight is 304 g/mol. The summed E-state index contributed by atoms with van der Waals surface area (Å²) in [6, 6.07) is 0. The largest absolute Gasteiger partial charge is 0.341 e. The van der Waals surface area contributed by atoms with Gasteiger partial charge < -0.3 is 4.90 Å². The Morgan fingerprint density at radius 3 is 2.86 bits per heavy atom. The molecule has 1 aliphatic rings. The topological polar surface area (TPSA) is 41.4 Å². The van der Waals surface area contributed by atoms with Crippen LogP contribution in [0, 0.1) is 6.92 Å². The van der Waals surface area contributed by atoms with Crippen molar-refractivity contribution in [3.05, 3.63) is 30.1 Å². The van der Waals surface area contributed by atoms with E-state index in [1.54, 1.807) is 0 Å². The maximum atomic E-state index is 12.4. The van der Waals surface area contributed by atoms with Gasteiger partial charge in [-0.25, -0.2) is 0 Å². The fraction of sp³-hybridized carbons (Fsp3) is 0.647. The second-order valence-corrected chi connectivity index (χ2v) is 5.92. The Kier molecular flexibility index (Phi) is 6.19. The molecule has 0 spiro atoms. The lowest BCUT2D eigenvalue weighted by molar-refractivity contribution is -0.131. The second-order valence-electron chi connectivity index (χ2n) is 5.92.